The smallest absolute Gasteiger partial charge is 0.268 e. The van der Waals surface area contributed by atoms with Gasteiger partial charge in [-0.25, -0.2) is 0 Å². The second-order valence-electron chi connectivity index (χ2n) is 6.82. The molecule has 1 fully saturated rings. The third-order valence-electron chi connectivity index (χ3n) is 5.18. The van der Waals surface area contributed by atoms with E-state index in [4.69, 9.17) is 4.74 Å². The number of benzene rings is 1. The molecule has 2 aliphatic rings. The van der Waals surface area contributed by atoms with Crippen LogP contribution in [0.3, 0.4) is 0 Å². The van der Waals surface area contributed by atoms with Crippen LogP contribution in [-0.2, 0) is 9.59 Å². The van der Waals surface area contributed by atoms with Gasteiger partial charge in [-0.1, -0.05) is 57.2 Å². The number of amides is 2. The first-order valence-corrected chi connectivity index (χ1v) is 10.6. The summed E-state index contributed by atoms with van der Waals surface area (Å²) in [6.07, 6.45) is 7.65. The lowest BCUT2D eigenvalue weighted by Crippen LogP contribution is -2.41. The molecule has 0 radical (unpaired) electrons. The Morgan fingerprint density at radius 3 is 2.35 bits per heavy atom. The number of carbonyl (C=O) groups excluding carboxylic acids is 2. The van der Waals surface area contributed by atoms with E-state index in [2.05, 4.69) is 0 Å². The van der Waals surface area contributed by atoms with Crippen LogP contribution in [0.15, 0.2) is 29.2 Å². The maximum absolute atomic E-state index is 13.3. The van der Waals surface area contributed by atoms with E-state index in [0.29, 0.717) is 16.2 Å². The molecular weight excluding hydrogens is 346 g/mol. The quantitative estimate of drug-likeness (QED) is 0.705. The zero-order valence-electron chi connectivity index (χ0n) is 15.6. The van der Waals surface area contributed by atoms with Gasteiger partial charge in [0.2, 0.25) is 0 Å². The van der Waals surface area contributed by atoms with Gasteiger partial charge >= 0.3 is 0 Å². The van der Waals surface area contributed by atoms with Crippen molar-refractivity contribution in [2.75, 3.05) is 12.9 Å². The van der Waals surface area contributed by atoms with Crippen LogP contribution in [0.4, 0.5) is 0 Å². The van der Waals surface area contributed by atoms with Gasteiger partial charge in [0.25, 0.3) is 11.8 Å². The van der Waals surface area contributed by atoms with E-state index in [0.717, 1.165) is 37.0 Å². The molecule has 2 amide bonds. The topological polar surface area (TPSA) is 46.6 Å². The molecule has 0 atom stereocenters. The number of methoxy groups -OCH3 is 1. The number of rotatable bonds is 5. The van der Waals surface area contributed by atoms with Crippen molar-refractivity contribution in [1.82, 2.24) is 4.90 Å². The van der Waals surface area contributed by atoms with E-state index in [-0.39, 0.29) is 17.9 Å². The average molecular weight is 374 g/mol. The van der Waals surface area contributed by atoms with E-state index in [1.54, 1.807) is 12.0 Å². The number of hydrogen-bond donors (Lipinski definition) is 0. The molecule has 4 nitrogen and oxygen atoms in total. The van der Waals surface area contributed by atoms with Crippen molar-refractivity contribution < 1.29 is 14.3 Å². The Morgan fingerprint density at radius 2 is 1.69 bits per heavy atom. The predicted molar refractivity (Wildman–Crippen MR) is 106 cm³/mol. The average Bonchev–Trinajstić information content (AvgIpc) is 2.86. The summed E-state index contributed by atoms with van der Waals surface area (Å²) in [4.78, 5) is 28.6. The molecule has 1 saturated carbocycles. The highest BCUT2D eigenvalue weighted by molar-refractivity contribution is 8.04. The molecule has 1 aromatic rings. The molecule has 0 saturated heterocycles. The number of ether oxygens (including phenoxy) is 1. The van der Waals surface area contributed by atoms with E-state index in [9.17, 15) is 9.59 Å². The predicted octanol–water partition coefficient (Wildman–Crippen LogP) is 4.64. The fourth-order valence-electron chi connectivity index (χ4n) is 3.92. The molecule has 3 rings (SSSR count). The Bertz CT molecular complexity index is 705. The van der Waals surface area contributed by atoms with Gasteiger partial charge in [0.15, 0.2) is 0 Å². The van der Waals surface area contributed by atoms with Gasteiger partial charge in [-0.05, 0) is 24.7 Å². The lowest BCUT2D eigenvalue weighted by molar-refractivity contribution is -0.139. The lowest BCUT2D eigenvalue weighted by atomic mass is 9.95. The van der Waals surface area contributed by atoms with Gasteiger partial charge < -0.3 is 4.74 Å². The molecule has 1 aliphatic heterocycles. The largest absolute Gasteiger partial charge is 0.496 e. The highest BCUT2D eigenvalue weighted by Crippen LogP contribution is 2.41. The summed E-state index contributed by atoms with van der Waals surface area (Å²) in [6.45, 7) is 2.01. The van der Waals surface area contributed by atoms with Crippen LogP contribution in [0.2, 0.25) is 0 Å². The van der Waals surface area contributed by atoms with Gasteiger partial charge in [0.1, 0.15) is 5.75 Å². The normalized spacial score (nSPS) is 19.7. The van der Waals surface area contributed by atoms with Crippen molar-refractivity contribution in [3.63, 3.8) is 0 Å². The Kier molecular flexibility index (Phi) is 6.41. The summed E-state index contributed by atoms with van der Waals surface area (Å²) >= 11 is 1.46. The first kappa shape index (κ1) is 19.0. The van der Waals surface area contributed by atoms with Crippen LogP contribution >= 0.6 is 11.8 Å². The van der Waals surface area contributed by atoms with Crippen molar-refractivity contribution in [2.24, 2.45) is 0 Å². The molecule has 0 N–H and O–H groups in total. The van der Waals surface area contributed by atoms with Crippen molar-refractivity contribution in [3.05, 3.63) is 34.7 Å². The van der Waals surface area contributed by atoms with Crippen LogP contribution < -0.4 is 4.74 Å². The first-order valence-electron chi connectivity index (χ1n) is 9.57. The summed E-state index contributed by atoms with van der Waals surface area (Å²) in [5.41, 5.74) is 1.24. The fourth-order valence-corrected chi connectivity index (χ4v) is 4.77. The zero-order valence-corrected chi connectivity index (χ0v) is 16.4. The molecule has 26 heavy (non-hydrogen) atoms. The van der Waals surface area contributed by atoms with E-state index in [1.807, 2.05) is 31.2 Å². The molecule has 0 bridgehead atoms. The van der Waals surface area contributed by atoms with Crippen LogP contribution in [0, 0.1) is 0 Å². The van der Waals surface area contributed by atoms with Crippen molar-refractivity contribution in [3.8, 4) is 5.75 Å². The Labute approximate surface area is 160 Å². The van der Waals surface area contributed by atoms with Crippen LogP contribution in [0.5, 0.6) is 5.75 Å². The van der Waals surface area contributed by atoms with Crippen LogP contribution in [-0.4, -0.2) is 35.6 Å². The number of thioether (sulfide) groups is 1. The second-order valence-corrected chi connectivity index (χ2v) is 8.09. The molecule has 1 heterocycles. The summed E-state index contributed by atoms with van der Waals surface area (Å²) < 4.78 is 5.46. The van der Waals surface area contributed by atoms with E-state index < -0.39 is 0 Å². The van der Waals surface area contributed by atoms with Gasteiger partial charge in [-0.3, -0.25) is 14.5 Å². The summed E-state index contributed by atoms with van der Waals surface area (Å²) in [6, 6.07) is 7.50. The van der Waals surface area contributed by atoms with E-state index >= 15 is 0 Å². The minimum Gasteiger partial charge on any atom is -0.496 e. The van der Waals surface area contributed by atoms with E-state index in [1.165, 1.54) is 31.0 Å². The summed E-state index contributed by atoms with van der Waals surface area (Å²) in [5, 5.41) is 0. The number of imide groups is 1. The zero-order chi connectivity index (χ0) is 18.5. The molecule has 5 heteroatoms. The molecule has 140 valence electrons. The Balaban J connectivity index is 1.98. The number of nitrogens with zero attached hydrogens (tertiary/aromatic N) is 1. The standard InChI is InChI=1S/C21H27NO3S/c1-3-26-19-18(16-13-9-10-14-17(16)25-2)20(23)22(21(19)24)15-11-7-5-4-6-8-12-15/h9-10,13-15H,3-8,11-12H2,1-2H3. The minimum atomic E-state index is -0.152. The van der Waals surface area contributed by atoms with Crippen LogP contribution in [0.1, 0.15) is 57.4 Å². The maximum Gasteiger partial charge on any atom is 0.268 e. The van der Waals surface area contributed by atoms with Crippen molar-refractivity contribution in [2.45, 2.75) is 57.9 Å². The van der Waals surface area contributed by atoms with Crippen molar-refractivity contribution in [1.29, 1.82) is 0 Å². The number of hydrogen-bond acceptors (Lipinski definition) is 4. The lowest BCUT2D eigenvalue weighted by Gasteiger charge is -2.28. The second kappa shape index (κ2) is 8.76. The molecular formula is C21H27NO3S. The Morgan fingerprint density at radius 1 is 1.04 bits per heavy atom. The molecule has 1 aliphatic carbocycles. The molecule has 0 aromatic heterocycles. The van der Waals surface area contributed by atoms with Gasteiger partial charge in [-0.15, -0.1) is 11.8 Å². The molecule has 1 aromatic carbocycles. The third-order valence-corrected chi connectivity index (χ3v) is 6.13. The van der Waals surface area contributed by atoms with Crippen LogP contribution in [0.25, 0.3) is 5.57 Å². The van der Waals surface area contributed by atoms with Gasteiger partial charge in [0, 0.05) is 11.6 Å². The van der Waals surface area contributed by atoms with Gasteiger partial charge in [-0.2, -0.15) is 0 Å². The SMILES string of the molecule is CCSC1=C(c2ccccc2OC)C(=O)N(C2CCCCCCC2)C1=O. The first-order chi connectivity index (χ1) is 12.7. The highest BCUT2D eigenvalue weighted by Gasteiger charge is 2.43. The maximum atomic E-state index is 13.3. The summed E-state index contributed by atoms with van der Waals surface area (Å²) in [5.74, 6) is 1.12. The highest BCUT2D eigenvalue weighted by atomic mass is 32.2. The third kappa shape index (κ3) is 3.68. The number of para-hydroxylation sites is 1. The minimum absolute atomic E-state index is 0.0231. The summed E-state index contributed by atoms with van der Waals surface area (Å²) in [7, 11) is 1.60. The molecule has 0 unspecified atom stereocenters. The van der Waals surface area contributed by atoms with Crippen molar-refractivity contribution >= 4 is 29.1 Å². The van der Waals surface area contributed by atoms with Gasteiger partial charge in [0.05, 0.1) is 17.6 Å². The number of carbonyl (C=O) groups is 2. The molecule has 0 spiro atoms. The monoisotopic (exact) mass is 373 g/mol. The fraction of sp³-hybridized carbons (Fsp3) is 0.524. The Hall–Kier alpha value is -1.75.